The maximum Gasteiger partial charge on any atom is 0.355 e. The first kappa shape index (κ1) is 17.3. The summed E-state index contributed by atoms with van der Waals surface area (Å²) in [5.41, 5.74) is 2.12. The molecule has 2 aromatic rings. The van der Waals surface area contributed by atoms with Crippen LogP contribution in [0.3, 0.4) is 0 Å². The molecule has 1 heterocycles. The van der Waals surface area contributed by atoms with Gasteiger partial charge < -0.3 is 14.2 Å². The van der Waals surface area contributed by atoms with Crippen LogP contribution in [0.5, 0.6) is 0 Å². The summed E-state index contributed by atoms with van der Waals surface area (Å²) in [4.78, 5) is 25.9. The second-order valence-electron chi connectivity index (χ2n) is 5.37. The van der Waals surface area contributed by atoms with Gasteiger partial charge in [-0.3, -0.25) is 4.79 Å². The van der Waals surface area contributed by atoms with E-state index in [1.807, 2.05) is 37.3 Å². The van der Waals surface area contributed by atoms with Gasteiger partial charge in [-0.15, -0.1) is 0 Å². The third-order valence-electron chi connectivity index (χ3n) is 3.57. The Balaban J connectivity index is 2.05. The van der Waals surface area contributed by atoms with Gasteiger partial charge >= 0.3 is 5.97 Å². The Labute approximate surface area is 140 Å². The highest BCUT2D eigenvalue weighted by Crippen LogP contribution is 2.16. The van der Waals surface area contributed by atoms with Gasteiger partial charge in [-0.1, -0.05) is 17.7 Å². The van der Waals surface area contributed by atoms with E-state index in [1.165, 1.54) is 4.90 Å². The number of rotatable bonds is 6. The van der Waals surface area contributed by atoms with Crippen molar-refractivity contribution >= 4 is 17.6 Å². The summed E-state index contributed by atoms with van der Waals surface area (Å²) in [6.07, 6.45) is 1.93. The molecule has 2 rings (SSSR count). The summed E-state index contributed by atoms with van der Waals surface area (Å²) >= 11 is 0. The predicted octanol–water partition coefficient (Wildman–Crippen LogP) is 2.44. The summed E-state index contributed by atoms with van der Waals surface area (Å²) in [5, 5.41) is 8.79. The molecule has 0 bridgehead atoms. The van der Waals surface area contributed by atoms with E-state index < -0.39 is 5.97 Å². The molecule has 24 heavy (non-hydrogen) atoms. The van der Waals surface area contributed by atoms with Gasteiger partial charge in [0.15, 0.2) is 6.61 Å². The van der Waals surface area contributed by atoms with Crippen LogP contribution in [0.25, 0.3) is 0 Å². The fourth-order valence-corrected chi connectivity index (χ4v) is 2.24. The van der Waals surface area contributed by atoms with Gasteiger partial charge in [0.05, 0.1) is 12.5 Å². The van der Waals surface area contributed by atoms with E-state index in [-0.39, 0.29) is 25.5 Å². The van der Waals surface area contributed by atoms with E-state index >= 15 is 0 Å². The molecule has 0 fully saturated rings. The SMILES string of the molecule is Cc1ccc(N(CCC#N)C(=O)COC(=O)c2cccn2C)cc1. The molecule has 0 radical (unpaired) electrons. The minimum Gasteiger partial charge on any atom is -0.451 e. The molecule has 0 aliphatic rings. The lowest BCUT2D eigenvalue weighted by molar-refractivity contribution is -0.121. The lowest BCUT2D eigenvalue weighted by Gasteiger charge is -2.21. The molecule has 1 amide bonds. The fourth-order valence-electron chi connectivity index (χ4n) is 2.24. The number of ether oxygens (including phenoxy) is 1. The number of aryl methyl sites for hydroxylation is 2. The standard InChI is InChI=1S/C18H19N3O3/c1-14-6-8-15(9-7-14)21(12-4-10-19)17(22)13-24-18(23)16-5-3-11-20(16)2/h3,5-9,11H,4,12-13H2,1-2H3. The first-order chi connectivity index (χ1) is 11.5. The highest BCUT2D eigenvalue weighted by Gasteiger charge is 2.19. The minimum absolute atomic E-state index is 0.200. The van der Waals surface area contributed by atoms with Crippen molar-refractivity contribution in [1.29, 1.82) is 5.26 Å². The summed E-state index contributed by atoms with van der Waals surface area (Å²) in [7, 11) is 1.73. The van der Waals surface area contributed by atoms with Crippen molar-refractivity contribution in [2.75, 3.05) is 18.1 Å². The van der Waals surface area contributed by atoms with Crippen molar-refractivity contribution in [3.05, 3.63) is 53.9 Å². The van der Waals surface area contributed by atoms with Crippen molar-refractivity contribution in [3.8, 4) is 6.07 Å². The number of esters is 1. The molecule has 124 valence electrons. The number of anilines is 1. The van der Waals surface area contributed by atoms with Crippen LogP contribution in [0.2, 0.25) is 0 Å². The molecule has 6 nitrogen and oxygen atoms in total. The predicted molar refractivity (Wildman–Crippen MR) is 89.5 cm³/mol. The third kappa shape index (κ3) is 4.23. The molecule has 0 aliphatic carbocycles. The number of carbonyl (C=O) groups excluding carboxylic acids is 2. The average Bonchev–Trinajstić information content (AvgIpc) is 3.00. The maximum absolute atomic E-state index is 12.4. The van der Waals surface area contributed by atoms with Gasteiger partial charge in [0.25, 0.3) is 5.91 Å². The number of benzene rings is 1. The summed E-state index contributed by atoms with van der Waals surface area (Å²) in [5.74, 6) is -0.920. The first-order valence-corrected chi connectivity index (χ1v) is 7.55. The van der Waals surface area contributed by atoms with Crippen molar-refractivity contribution in [2.45, 2.75) is 13.3 Å². The van der Waals surface area contributed by atoms with Crippen LogP contribution in [0.1, 0.15) is 22.5 Å². The summed E-state index contributed by atoms with van der Waals surface area (Å²) < 4.78 is 6.73. The number of aromatic nitrogens is 1. The Morgan fingerprint density at radius 3 is 2.54 bits per heavy atom. The number of nitriles is 1. The highest BCUT2D eigenvalue weighted by molar-refractivity contribution is 5.96. The van der Waals surface area contributed by atoms with Crippen LogP contribution in [-0.4, -0.2) is 29.6 Å². The van der Waals surface area contributed by atoms with Gasteiger partial charge in [0.1, 0.15) is 5.69 Å². The summed E-state index contributed by atoms with van der Waals surface area (Å²) in [6, 6.07) is 12.8. The monoisotopic (exact) mass is 325 g/mol. The summed E-state index contributed by atoms with van der Waals surface area (Å²) in [6.45, 7) is 1.83. The smallest absolute Gasteiger partial charge is 0.355 e. The van der Waals surface area contributed by atoms with Crippen LogP contribution in [-0.2, 0) is 16.6 Å². The number of hydrogen-bond donors (Lipinski definition) is 0. The largest absolute Gasteiger partial charge is 0.451 e. The van der Waals surface area contributed by atoms with E-state index in [0.29, 0.717) is 11.4 Å². The van der Waals surface area contributed by atoms with Crippen LogP contribution in [0.4, 0.5) is 5.69 Å². The second kappa shape index (κ2) is 7.97. The van der Waals surface area contributed by atoms with Crippen molar-refractivity contribution in [3.63, 3.8) is 0 Å². The van der Waals surface area contributed by atoms with Gasteiger partial charge in [-0.2, -0.15) is 5.26 Å². The molecular formula is C18H19N3O3. The van der Waals surface area contributed by atoms with E-state index in [4.69, 9.17) is 10.00 Å². The zero-order valence-electron chi connectivity index (χ0n) is 13.7. The van der Waals surface area contributed by atoms with Crippen molar-refractivity contribution in [1.82, 2.24) is 4.57 Å². The van der Waals surface area contributed by atoms with E-state index in [0.717, 1.165) is 5.56 Å². The topological polar surface area (TPSA) is 75.3 Å². The Hall–Kier alpha value is -3.07. The van der Waals surface area contributed by atoms with Crippen LogP contribution < -0.4 is 4.90 Å². The third-order valence-corrected chi connectivity index (χ3v) is 3.57. The molecule has 1 aromatic heterocycles. The van der Waals surface area contributed by atoms with E-state index in [1.54, 1.807) is 29.9 Å². The average molecular weight is 325 g/mol. The Kier molecular flexibility index (Phi) is 5.74. The molecule has 0 saturated carbocycles. The molecular weight excluding hydrogens is 306 g/mol. The lowest BCUT2D eigenvalue weighted by Crippen LogP contribution is -2.35. The zero-order chi connectivity index (χ0) is 17.5. The normalized spacial score (nSPS) is 10.0. The van der Waals surface area contributed by atoms with E-state index in [2.05, 4.69) is 0 Å². The molecule has 0 unspecified atom stereocenters. The number of amides is 1. The molecule has 0 aliphatic heterocycles. The van der Waals surface area contributed by atoms with Crippen LogP contribution >= 0.6 is 0 Å². The first-order valence-electron chi connectivity index (χ1n) is 7.55. The molecule has 1 aromatic carbocycles. The van der Waals surface area contributed by atoms with Gasteiger partial charge in [-0.05, 0) is 31.2 Å². The number of carbonyl (C=O) groups is 2. The van der Waals surface area contributed by atoms with Crippen molar-refractivity contribution in [2.24, 2.45) is 7.05 Å². The molecule has 6 heteroatoms. The zero-order valence-corrected chi connectivity index (χ0v) is 13.7. The second-order valence-corrected chi connectivity index (χ2v) is 5.37. The van der Waals surface area contributed by atoms with Crippen molar-refractivity contribution < 1.29 is 14.3 Å². The van der Waals surface area contributed by atoms with Gasteiger partial charge in [0, 0.05) is 25.5 Å². The number of nitrogens with zero attached hydrogens (tertiary/aromatic N) is 3. The molecule has 0 spiro atoms. The highest BCUT2D eigenvalue weighted by atomic mass is 16.5. The van der Waals surface area contributed by atoms with Gasteiger partial charge in [0.2, 0.25) is 0 Å². The Bertz CT molecular complexity index is 757. The Morgan fingerprint density at radius 1 is 1.25 bits per heavy atom. The van der Waals surface area contributed by atoms with Crippen LogP contribution in [0, 0.1) is 18.3 Å². The quantitative estimate of drug-likeness (QED) is 0.765. The molecule has 0 saturated heterocycles. The number of hydrogen-bond acceptors (Lipinski definition) is 4. The van der Waals surface area contributed by atoms with Gasteiger partial charge in [-0.25, -0.2) is 4.79 Å². The lowest BCUT2D eigenvalue weighted by atomic mass is 10.2. The Morgan fingerprint density at radius 2 is 1.96 bits per heavy atom. The molecule has 0 atom stereocenters. The van der Waals surface area contributed by atoms with Crippen LogP contribution in [0.15, 0.2) is 42.6 Å². The maximum atomic E-state index is 12.4. The fraction of sp³-hybridized carbons (Fsp3) is 0.278. The minimum atomic E-state index is -0.556. The van der Waals surface area contributed by atoms with E-state index in [9.17, 15) is 9.59 Å². The molecule has 0 N–H and O–H groups in total.